The molecule has 0 amide bonds. The number of hydrogen-bond donors (Lipinski definition) is 2. The molecule has 4 heteroatoms. The molecule has 15 heavy (non-hydrogen) atoms. The number of rotatable bonds is 3. The highest BCUT2D eigenvalue weighted by molar-refractivity contribution is 5.95. The number of nitrogens with two attached hydrogens (primary N) is 1. The van der Waals surface area contributed by atoms with Crippen LogP contribution in [0.3, 0.4) is 0 Å². The summed E-state index contributed by atoms with van der Waals surface area (Å²) in [6.45, 7) is 4.79. The second-order valence-electron chi connectivity index (χ2n) is 3.59. The molecule has 3 N–H and O–H groups in total. The second-order valence-corrected chi connectivity index (χ2v) is 3.59. The molecule has 0 aliphatic carbocycles. The van der Waals surface area contributed by atoms with Gasteiger partial charge in [-0.1, -0.05) is 13.0 Å². The quantitative estimate of drug-likeness (QED) is 0.807. The number of nitrogens with one attached hydrogen (secondary N) is 1. The molecule has 4 nitrogen and oxygen atoms in total. The molecule has 0 aliphatic rings. The van der Waals surface area contributed by atoms with E-state index in [0.29, 0.717) is 12.4 Å². The first-order chi connectivity index (χ1) is 7.24. The van der Waals surface area contributed by atoms with Gasteiger partial charge in [-0.2, -0.15) is 5.10 Å². The van der Waals surface area contributed by atoms with Gasteiger partial charge in [-0.25, -0.2) is 0 Å². The molecular formula is C11H15N3O. The first kappa shape index (κ1) is 9.83. The van der Waals surface area contributed by atoms with Gasteiger partial charge in [0.05, 0.1) is 12.0 Å². The molecule has 1 heterocycles. The number of fused-ring (bicyclic) bond motifs is 1. The molecule has 0 bridgehead atoms. The standard InChI is InChI=1S/C11H15N3O/c1-3-6-15-8-5-4-7(2)9-10(8)13-14-11(9)12/h4-5H,3,6H2,1-2H3,(H3,12,13,14). The van der Waals surface area contributed by atoms with Gasteiger partial charge in [0.2, 0.25) is 0 Å². The summed E-state index contributed by atoms with van der Waals surface area (Å²) in [5.41, 5.74) is 7.78. The minimum atomic E-state index is 0.532. The summed E-state index contributed by atoms with van der Waals surface area (Å²) >= 11 is 0. The van der Waals surface area contributed by atoms with Crippen LogP contribution in [0.25, 0.3) is 10.9 Å². The van der Waals surface area contributed by atoms with Crippen LogP contribution in [0.5, 0.6) is 5.75 Å². The Bertz CT molecular complexity index is 476. The minimum absolute atomic E-state index is 0.532. The Balaban J connectivity index is 2.52. The molecule has 2 aromatic rings. The highest BCUT2D eigenvalue weighted by atomic mass is 16.5. The fraction of sp³-hybridized carbons (Fsp3) is 0.364. The van der Waals surface area contributed by atoms with Crippen LogP contribution < -0.4 is 10.5 Å². The number of H-pyrrole nitrogens is 1. The van der Waals surface area contributed by atoms with Crippen molar-refractivity contribution in [1.82, 2.24) is 10.2 Å². The topological polar surface area (TPSA) is 63.9 Å². The van der Waals surface area contributed by atoms with Gasteiger partial charge in [-0.05, 0) is 25.0 Å². The Morgan fingerprint density at radius 1 is 1.47 bits per heavy atom. The second kappa shape index (κ2) is 3.81. The van der Waals surface area contributed by atoms with Gasteiger partial charge in [0, 0.05) is 0 Å². The molecule has 0 spiro atoms. The van der Waals surface area contributed by atoms with E-state index in [9.17, 15) is 0 Å². The Labute approximate surface area is 88.4 Å². The van der Waals surface area contributed by atoms with Crippen molar-refractivity contribution in [3.63, 3.8) is 0 Å². The SMILES string of the molecule is CCCOc1ccc(C)c2c(N)n[nH]c12. The predicted octanol–water partition coefficient (Wildman–Crippen LogP) is 2.24. The third-order valence-electron chi connectivity index (χ3n) is 2.38. The van der Waals surface area contributed by atoms with Crippen LogP contribution >= 0.6 is 0 Å². The summed E-state index contributed by atoms with van der Waals surface area (Å²) in [4.78, 5) is 0. The third-order valence-corrected chi connectivity index (χ3v) is 2.38. The third kappa shape index (κ3) is 1.63. The molecule has 2 rings (SSSR count). The van der Waals surface area contributed by atoms with Gasteiger partial charge in [0.15, 0.2) is 5.82 Å². The van der Waals surface area contributed by atoms with Gasteiger partial charge in [-0.3, -0.25) is 5.10 Å². The van der Waals surface area contributed by atoms with Crippen molar-refractivity contribution in [1.29, 1.82) is 0 Å². The van der Waals surface area contributed by atoms with E-state index in [2.05, 4.69) is 17.1 Å². The van der Waals surface area contributed by atoms with Crippen molar-refractivity contribution in [3.05, 3.63) is 17.7 Å². The summed E-state index contributed by atoms with van der Waals surface area (Å²) in [6, 6.07) is 3.95. The Hall–Kier alpha value is -1.71. The van der Waals surface area contributed by atoms with Gasteiger partial charge in [-0.15, -0.1) is 0 Å². The summed E-state index contributed by atoms with van der Waals surface area (Å²) in [6.07, 6.45) is 0.985. The van der Waals surface area contributed by atoms with E-state index < -0.39 is 0 Å². The lowest BCUT2D eigenvalue weighted by atomic mass is 10.1. The molecule has 1 aromatic heterocycles. The van der Waals surface area contributed by atoms with E-state index >= 15 is 0 Å². The fourth-order valence-corrected chi connectivity index (χ4v) is 1.63. The monoisotopic (exact) mass is 205 g/mol. The zero-order valence-electron chi connectivity index (χ0n) is 9.00. The average molecular weight is 205 g/mol. The smallest absolute Gasteiger partial charge is 0.153 e. The largest absolute Gasteiger partial charge is 0.491 e. The van der Waals surface area contributed by atoms with E-state index in [0.717, 1.165) is 28.6 Å². The molecule has 0 saturated carbocycles. The fourth-order valence-electron chi connectivity index (χ4n) is 1.63. The van der Waals surface area contributed by atoms with Crippen LogP contribution in [-0.4, -0.2) is 16.8 Å². The van der Waals surface area contributed by atoms with Crippen LogP contribution in [0, 0.1) is 6.92 Å². The number of aromatic nitrogens is 2. The van der Waals surface area contributed by atoms with Gasteiger partial charge in [0.1, 0.15) is 11.3 Å². The summed E-state index contributed by atoms with van der Waals surface area (Å²) < 4.78 is 5.61. The molecule has 0 unspecified atom stereocenters. The number of nitrogens with zero attached hydrogens (tertiary/aromatic N) is 1. The number of hydrogen-bond acceptors (Lipinski definition) is 3. The molecule has 0 radical (unpaired) electrons. The van der Waals surface area contributed by atoms with E-state index in [1.54, 1.807) is 0 Å². The maximum Gasteiger partial charge on any atom is 0.153 e. The van der Waals surface area contributed by atoms with Crippen molar-refractivity contribution in [2.45, 2.75) is 20.3 Å². The summed E-state index contributed by atoms with van der Waals surface area (Å²) in [7, 11) is 0. The average Bonchev–Trinajstić information content (AvgIpc) is 2.61. The normalized spacial score (nSPS) is 10.8. The Kier molecular flexibility index (Phi) is 2.49. The first-order valence-corrected chi connectivity index (χ1v) is 5.10. The lowest BCUT2D eigenvalue weighted by Gasteiger charge is -2.06. The molecule has 0 saturated heterocycles. The van der Waals surface area contributed by atoms with Crippen LogP contribution in [0.2, 0.25) is 0 Å². The van der Waals surface area contributed by atoms with Crippen molar-refractivity contribution in [2.24, 2.45) is 0 Å². The predicted molar refractivity (Wildman–Crippen MR) is 61.0 cm³/mol. The number of aromatic amines is 1. The zero-order valence-corrected chi connectivity index (χ0v) is 9.00. The minimum Gasteiger partial charge on any atom is -0.491 e. The maximum absolute atomic E-state index is 5.78. The van der Waals surface area contributed by atoms with Crippen LogP contribution in [-0.2, 0) is 0 Å². The first-order valence-electron chi connectivity index (χ1n) is 5.10. The number of benzene rings is 1. The van der Waals surface area contributed by atoms with Crippen molar-refractivity contribution in [3.8, 4) is 5.75 Å². The maximum atomic E-state index is 5.78. The Morgan fingerprint density at radius 3 is 3.00 bits per heavy atom. The van der Waals surface area contributed by atoms with Crippen LogP contribution in [0.1, 0.15) is 18.9 Å². The van der Waals surface area contributed by atoms with Gasteiger partial charge >= 0.3 is 0 Å². The zero-order chi connectivity index (χ0) is 10.8. The highest BCUT2D eigenvalue weighted by Crippen LogP contribution is 2.29. The molecule has 80 valence electrons. The van der Waals surface area contributed by atoms with Crippen LogP contribution in [0.4, 0.5) is 5.82 Å². The highest BCUT2D eigenvalue weighted by Gasteiger charge is 2.10. The van der Waals surface area contributed by atoms with E-state index in [1.807, 2.05) is 19.1 Å². The number of anilines is 1. The van der Waals surface area contributed by atoms with E-state index in [1.165, 1.54) is 0 Å². The molecule has 0 aliphatic heterocycles. The van der Waals surface area contributed by atoms with E-state index in [-0.39, 0.29) is 0 Å². The lowest BCUT2D eigenvalue weighted by molar-refractivity contribution is 0.320. The molecule has 0 atom stereocenters. The molecule has 1 aromatic carbocycles. The van der Waals surface area contributed by atoms with Crippen molar-refractivity contribution < 1.29 is 4.74 Å². The van der Waals surface area contributed by atoms with Crippen molar-refractivity contribution in [2.75, 3.05) is 12.3 Å². The number of ether oxygens (including phenoxy) is 1. The van der Waals surface area contributed by atoms with Gasteiger partial charge in [0.25, 0.3) is 0 Å². The van der Waals surface area contributed by atoms with Crippen LogP contribution in [0.15, 0.2) is 12.1 Å². The molecular weight excluding hydrogens is 190 g/mol. The number of nitrogen functional groups attached to an aromatic ring is 1. The summed E-state index contributed by atoms with van der Waals surface area (Å²) in [5.74, 6) is 1.35. The summed E-state index contributed by atoms with van der Waals surface area (Å²) in [5, 5.41) is 7.87. The van der Waals surface area contributed by atoms with E-state index in [4.69, 9.17) is 10.5 Å². The van der Waals surface area contributed by atoms with Gasteiger partial charge < -0.3 is 10.5 Å². The number of aryl methyl sites for hydroxylation is 1. The van der Waals surface area contributed by atoms with Crippen molar-refractivity contribution >= 4 is 16.7 Å². The lowest BCUT2D eigenvalue weighted by Crippen LogP contribution is -1.96. The Morgan fingerprint density at radius 2 is 2.27 bits per heavy atom. The molecule has 0 fully saturated rings.